The summed E-state index contributed by atoms with van der Waals surface area (Å²) >= 11 is 0. The maximum atomic E-state index is 11.9. The van der Waals surface area contributed by atoms with E-state index in [1.54, 1.807) is 33.2 Å². The highest BCUT2D eigenvalue weighted by molar-refractivity contribution is 6.00. The fourth-order valence-electron chi connectivity index (χ4n) is 1.90. The number of nitrogens with zero attached hydrogens (tertiary/aromatic N) is 4. The topological polar surface area (TPSA) is 88.3 Å². The number of carbonyl (C=O) groups excluding carboxylic acids is 1. The average Bonchev–Trinajstić information content (AvgIpc) is 2.80. The first kappa shape index (κ1) is 13.0. The number of rotatable bonds is 3. The Morgan fingerprint density at radius 1 is 1.37 bits per heavy atom. The van der Waals surface area contributed by atoms with Crippen LogP contribution in [0, 0.1) is 0 Å². The fraction of sp³-hybridized carbons (Fsp3) is 0.333. The normalized spacial score (nSPS) is 12.4. The molecule has 7 nitrogen and oxygen atoms in total. The Labute approximate surface area is 109 Å². The number of hydrogen-bond donors (Lipinski definition) is 1. The van der Waals surface area contributed by atoms with E-state index < -0.39 is 12.0 Å². The molecule has 0 bridgehead atoms. The predicted octanol–water partition coefficient (Wildman–Crippen LogP) is 0.779. The number of fused-ring (bicyclic) bond motifs is 1. The van der Waals surface area contributed by atoms with Crippen molar-refractivity contribution in [1.29, 1.82) is 0 Å². The summed E-state index contributed by atoms with van der Waals surface area (Å²) in [7, 11) is 3.31. The van der Waals surface area contributed by atoms with E-state index in [4.69, 9.17) is 5.11 Å². The largest absolute Gasteiger partial charge is 0.478 e. The van der Waals surface area contributed by atoms with Crippen LogP contribution < -0.4 is 0 Å². The second-order valence-electron chi connectivity index (χ2n) is 4.42. The number of carboxylic acids is 1. The minimum absolute atomic E-state index is 0.0771. The first-order chi connectivity index (χ1) is 8.93. The SMILES string of the molecule is CC(C(=O)N(C)C)n1nnc2c(C(=O)O)cccc21. The van der Waals surface area contributed by atoms with Gasteiger partial charge in [-0.2, -0.15) is 0 Å². The van der Waals surface area contributed by atoms with Crippen molar-refractivity contribution in [2.24, 2.45) is 0 Å². The van der Waals surface area contributed by atoms with Crippen LogP contribution in [0.15, 0.2) is 18.2 Å². The number of carbonyl (C=O) groups is 2. The number of amides is 1. The monoisotopic (exact) mass is 262 g/mol. The van der Waals surface area contributed by atoms with Gasteiger partial charge in [-0.05, 0) is 19.1 Å². The summed E-state index contributed by atoms with van der Waals surface area (Å²) in [6, 6.07) is 4.23. The molecule has 19 heavy (non-hydrogen) atoms. The van der Waals surface area contributed by atoms with Gasteiger partial charge in [0.1, 0.15) is 11.6 Å². The van der Waals surface area contributed by atoms with Gasteiger partial charge in [-0.3, -0.25) is 4.79 Å². The molecule has 1 N–H and O–H groups in total. The van der Waals surface area contributed by atoms with E-state index in [1.165, 1.54) is 15.6 Å². The summed E-state index contributed by atoms with van der Waals surface area (Å²) in [5.74, 6) is -1.20. The lowest BCUT2D eigenvalue weighted by Crippen LogP contribution is -2.30. The fourth-order valence-corrected chi connectivity index (χ4v) is 1.90. The van der Waals surface area contributed by atoms with Crippen molar-refractivity contribution in [3.63, 3.8) is 0 Å². The van der Waals surface area contributed by atoms with Crippen molar-refractivity contribution in [3.8, 4) is 0 Å². The summed E-state index contributed by atoms with van der Waals surface area (Å²) in [6.45, 7) is 1.70. The number of hydrogen-bond acceptors (Lipinski definition) is 4. The molecule has 0 aliphatic rings. The Kier molecular flexibility index (Phi) is 3.20. The van der Waals surface area contributed by atoms with Crippen LogP contribution in [0.5, 0.6) is 0 Å². The van der Waals surface area contributed by atoms with Crippen LogP contribution in [-0.4, -0.2) is 51.0 Å². The van der Waals surface area contributed by atoms with Gasteiger partial charge in [-0.25, -0.2) is 9.48 Å². The third kappa shape index (κ3) is 2.14. The van der Waals surface area contributed by atoms with Crippen LogP contribution >= 0.6 is 0 Å². The van der Waals surface area contributed by atoms with Gasteiger partial charge in [0.2, 0.25) is 5.91 Å². The molecular weight excluding hydrogens is 248 g/mol. The maximum absolute atomic E-state index is 11.9. The van der Waals surface area contributed by atoms with E-state index in [0.717, 1.165) is 0 Å². The number of aromatic carboxylic acids is 1. The van der Waals surface area contributed by atoms with Gasteiger partial charge in [-0.1, -0.05) is 11.3 Å². The van der Waals surface area contributed by atoms with Gasteiger partial charge in [0.05, 0.1) is 11.1 Å². The number of benzene rings is 1. The molecule has 1 unspecified atom stereocenters. The van der Waals surface area contributed by atoms with Crippen molar-refractivity contribution < 1.29 is 14.7 Å². The Morgan fingerprint density at radius 3 is 2.63 bits per heavy atom. The van der Waals surface area contributed by atoms with Crippen LogP contribution in [0.1, 0.15) is 23.3 Å². The Morgan fingerprint density at radius 2 is 2.05 bits per heavy atom. The summed E-state index contributed by atoms with van der Waals surface area (Å²) in [4.78, 5) is 24.5. The van der Waals surface area contributed by atoms with E-state index in [0.29, 0.717) is 5.52 Å². The van der Waals surface area contributed by atoms with E-state index in [9.17, 15) is 9.59 Å². The van der Waals surface area contributed by atoms with Gasteiger partial charge in [0, 0.05) is 14.1 Å². The Bertz CT molecular complexity index is 647. The molecule has 2 aromatic rings. The van der Waals surface area contributed by atoms with Crippen LogP contribution in [0.25, 0.3) is 11.0 Å². The lowest BCUT2D eigenvalue weighted by atomic mass is 10.2. The molecule has 1 aromatic heterocycles. The molecule has 0 saturated heterocycles. The highest BCUT2D eigenvalue weighted by Crippen LogP contribution is 2.20. The highest BCUT2D eigenvalue weighted by Gasteiger charge is 2.22. The molecule has 7 heteroatoms. The summed E-state index contributed by atoms with van der Waals surface area (Å²) in [5, 5.41) is 16.8. The zero-order valence-electron chi connectivity index (χ0n) is 10.9. The lowest BCUT2D eigenvalue weighted by Gasteiger charge is -2.17. The maximum Gasteiger partial charge on any atom is 0.338 e. The molecule has 1 heterocycles. The first-order valence-electron chi connectivity index (χ1n) is 5.72. The molecule has 0 aliphatic carbocycles. The van der Waals surface area contributed by atoms with Crippen molar-refractivity contribution >= 4 is 22.9 Å². The quantitative estimate of drug-likeness (QED) is 0.883. The van der Waals surface area contributed by atoms with Crippen LogP contribution in [0.2, 0.25) is 0 Å². The molecule has 0 aliphatic heterocycles. The van der Waals surface area contributed by atoms with Crippen molar-refractivity contribution in [1.82, 2.24) is 19.9 Å². The van der Waals surface area contributed by atoms with E-state index in [2.05, 4.69) is 10.3 Å². The van der Waals surface area contributed by atoms with Gasteiger partial charge >= 0.3 is 5.97 Å². The molecule has 0 saturated carbocycles. The van der Waals surface area contributed by atoms with Gasteiger partial charge in [-0.15, -0.1) is 5.10 Å². The zero-order chi connectivity index (χ0) is 14.2. The number of likely N-dealkylation sites (N-methyl/N-ethyl adjacent to an activating group) is 1. The summed E-state index contributed by atoms with van der Waals surface area (Å²) < 4.78 is 1.43. The standard InChI is InChI=1S/C12H14N4O3/c1-7(11(17)15(2)3)16-9-6-4-5-8(12(18)19)10(9)13-14-16/h4-7H,1-3H3,(H,18,19). The molecule has 1 atom stereocenters. The third-order valence-corrected chi connectivity index (χ3v) is 2.90. The highest BCUT2D eigenvalue weighted by atomic mass is 16.4. The summed E-state index contributed by atoms with van der Waals surface area (Å²) in [5.41, 5.74) is 0.893. The van der Waals surface area contributed by atoms with Gasteiger partial charge in [0.15, 0.2) is 0 Å². The second kappa shape index (κ2) is 4.68. The molecule has 1 amide bonds. The lowest BCUT2D eigenvalue weighted by molar-refractivity contribution is -0.131. The zero-order valence-corrected chi connectivity index (χ0v) is 10.9. The minimum atomic E-state index is -1.07. The molecular formula is C12H14N4O3. The van der Waals surface area contributed by atoms with Crippen LogP contribution in [0.3, 0.4) is 0 Å². The van der Waals surface area contributed by atoms with E-state index >= 15 is 0 Å². The van der Waals surface area contributed by atoms with Crippen LogP contribution in [-0.2, 0) is 4.79 Å². The van der Waals surface area contributed by atoms with E-state index in [1.807, 2.05) is 0 Å². The molecule has 0 spiro atoms. The van der Waals surface area contributed by atoms with Gasteiger partial charge in [0.25, 0.3) is 0 Å². The van der Waals surface area contributed by atoms with Gasteiger partial charge < -0.3 is 10.0 Å². The predicted molar refractivity (Wildman–Crippen MR) is 67.9 cm³/mol. The first-order valence-corrected chi connectivity index (χ1v) is 5.72. The molecule has 2 rings (SSSR count). The molecule has 0 fully saturated rings. The second-order valence-corrected chi connectivity index (χ2v) is 4.42. The number of carboxylic acid groups (broad SMARTS) is 1. The van der Waals surface area contributed by atoms with Crippen molar-refractivity contribution in [2.45, 2.75) is 13.0 Å². The molecule has 1 aromatic carbocycles. The third-order valence-electron chi connectivity index (χ3n) is 2.90. The van der Waals surface area contributed by atoms with Crippen molar-refractivity contribution in [2.75, 3.05) is 14.1 Å². The smallest absolute Gasteiger partial charge is 0.338 e. The summed E-state index contributed by atoms with van der Waals surface area (Å²) in [6.07, 6.45) is 0. The average molecular weight is 262 g/mol. The van der Waals surface area contributed by atoms with Crippen molar-refractivity contribution in [3.05, 3.63) is 23.8 Å². The number of aromatic nitrogens is 3. The Hall–Kier alpha value is -2.44. The molecule has 100 valence electrons. The van der Waals surface area contributed by atoms with E-state index in [-0.39, 0.29) is 17.0 Å². The minimum Gasteiger partial charge on any atom is -0.478 e. The van der Waals surface area contributed by atoms with Crippen LogP contribution in [0.4, 0.5) is 0 Å². The Balaban J connectivity index is 2.55. The molecule has 0 radical (unpaired) electrons.